The number of rotatable bonds is 9. The Balaban J connectivity index is 1.61. The second-order valence-corrected chi connectivity index (χ2v) is 19.6. The molecule has 0 radical (unpaired) electrons. The van der Waals surface area contributed by atoms with Gasteiger partial charge in [-0.2, -0.15) is 0 Å². The fourth-order valence-corrected chi connectivity index (χ4v) is 16.8. The minimum atomic E-state index is -0.431. The highest BCUT2D eigenvalue weighted by Gasteiger charge is 2.55. The van der Waals surface area contributed by atoms with E-state index in [4.69, 9.17) is 0 Å². The van der Waals surface area contributed by atoms with Crippen molar-refractivity contribution in [1.29, 1.82) is 0 Å². The summed E-state index contributed by atoms with van der Waals surface area (Å²) in [6.07, 6.45) is 23.9. The van der Waals surface area contributed by atoms with E-state index in [9.17, 15) is 0 Å². The summed E-state index contributed by atoms with van der Waals surface area (Å²) < 4.78 is 0. The molecule has 0 heterocycles. The molecule has 3 aliphatic carbocycles. The number of hydrogen-bond acceptors (Lipinski definition) is 0. The summed E-state index contributed by atoms with van der Waals surface area (Å²) in [4.78, 5) is 0. The zero-order valence-corrected chi connectivity index (χ0v) is 29.0. The van der Waals surface area contributed by atoms with Gasteiger partial charge in [-0.3, -0.25) is 0 Å². The fourth-order valence-electron chi connectivity index (χ4n) is 10.1. The van der Waals surface area contributed by atoms with Gasteiger partial charge in [0.2, 0.25) is 0 Å². The molecular weight excluding hydrogens is 530 g/mol. The molecule has 5 atom stereocenters. The highest BCUT2D eigenvalue weighted by atomic mass is 31.1. The van der Waals surface area contributed by atoms with Crippen LogP contribution in [-0.2, 0) is 0 Å². The van der Waals surface area contributed by atoms with Gasteiger partial charge in [0.1, 0.15) is 0 Å². The van der Waals surface area contributed by atoms with E-state index in [0.29, 0.717) is 5.41 Å². The topological polar surface area (TPSA) is 0 Å². The molecule has 0 bridgehead atoms. The van der Waals surface area contributed by atoms with Crippen LogP contribution in [0, 0.1) is 37.0 Å². The average molecular weight is 591 g/mol. The fraction of sp³-hybridized carbons (Fsp3) is 0.692. The Labute approximate surface area is 256 Å². The SMILES string of the molecule is CCP(CC)[C@H]1CCC[C@]1(C1CCCCCC(C2CCCC2)CC1)C(C)P(c1ccccc1C)c1ccccc1C. The summed E-state index contributed by atoms with van der Waals surface area (Å²) in [7, 11) is -0.343. The van der Waals surface area contributed by atoms with Crippen molar-refractivity contribution in [2.75, 3.05) is 12.3 Å². The first-order valence-electron chi connectivity index (χ1n) is 17.7. The van der Waals surface area contributed by atoms with E-state index in [1.807, 2.05) is 0 Å². The van der Waals surface area contributed by atoms with Crippen molar-refractivity contribution in [3.05, 3.63) is 59.7 Å². The first kappa shape index (κ1) is 31.7. The molecule has 0 aromatic heterocycles. The average Bonchev–Trinajstić information content (AvgIpc) is 3.69. The van der Waals surface area contributed by atoms with Gasteiger partial charge in [-0.25, -0.2) is 0 Å². The van der Waals surface area contributed by atoms with Crippen LogP contribution in [0.15, 0.2) is 48.5 Å². The van der Waals surface area contributed by atoms with Crippen LogP contribution in [0.1, 0.15) is 122 Å². The second-order valence-electron chi connectivity index (χ2n) is 14.1. The predicted molar refractivity (Wildman–Crippen MR) is 187 cm³/mol. The molecule has 0 N–H and O–H groups in total. The molecule has 2 aromatic rings. The summed E-state index contributed by atoms with van der Waals surface area (Å²) in [5.41, 5.74) is 5.21. The van der Waals surface area contributed by atoms with E-state index in [1.54, 1.807) is 10.6 Å². The van der Waals surface area contributed by atoms with Gasteiger partial charge >= 0.3 is 0 Å². The number of benzene rings is 2. The van der Waals surface area contributed by atoms with E-state index < -0.39 is 7.92 Å². The van der Waals surface area contributed by atoms with Crippen LogP contribution in [-0.4, -0.2) is 23.6 Å². The molecule has 3 saturated carbocycles. The van der Waals surface area contributed by atoms with E-state index in [-0.39, 0.29) is 7.92 Å². The summed E-state index contributed by atoms with van der Waals surface area (Å²) in [6.45, 7) is 12.6. The van der Waals surface area contributed by atoms with Crippen molar-refractivity contribution in [2.24, 2.45) is 23.2 Å². The molecule has 0 saturated heterocycles. The smallest absolute Gasteiger partial charge is 0.00917 e. The first-order chi connectivity index (χ1) is 20.0. The van der Waals surface area contributed by atoms with Gasteiger partial charge in [0.05, 0.1) is 0 Å². The summed E-state index contributed by atoms with van der Waals surface area (Å²) in [6, 6.07) is 19.0. The van der Waals surface area contributed by atoms with Crippen LogP contribution in [0.2, 0.25) is 0 Å². The Morgan fingerprint density at radius 3 is 1.78 bits per heavy atom. The molecule has 2 aromatic carbocycles. The maximum absolute atomic E-state index is 2.78. The lowest BCUT2D eigenvalue weighted by atomic mass is 9.66. The van der Waals surface area contributed by atoms with Crippen LogP contribution in [0.3, 0.4) is 0 Å². The zero-order chi connectivity index (χ0) is 28.8. The number of aryl methyl sites for hydroxylation is 2. The lowest BCUT2D eigenvalue weighted by molar-refractivity contribution is 0.134. The molecule has 0 amide bonds. The Kier molecular flexibility index (Phi) is 11.5. The Hall–Kier alpha value is -0.700. The van der Waals surface area contributed by atoms with Crippen LogP contribution in [0.4, 0.5) is 0 Å². The van der Waals surface area contributed by atoms with Crippen molar-refractivity contribution in [1.82, 2.24) is 0 Å². The van der Waals surface area contributed by atoms with E-state index in [2.05, 4.69) is 83.1 Å². The van der Waals surface area contributed by atoms with Crippen molar-refractivity contribution in [3.63, 3.8) is 0 Å². The van der Waals surface area contributed by atoms with Gasteiger partial charge < -0.3 is 0 Å². The molecule has 41 heavy (non-hydrogen) atoms. The van der Waals surface area contributed by atoms with Gasteiger partial charge in [-0.05, 0) is 122 Å². The molecule has 5 rings (SSSR count). The molecule has 3 unspecified atom stereocenters. The summed E-state index contributed by atoms with van der Waals surface area (Å²) >= 11 is 0. The van der Waals surface area contributed by atoms with Crippen molar-refractivity contribution in [3.8, 4) is 0 Å². The first-order valence-corrected chi connectivity index (χ1v) is 20.8. The maximum atomic E-state index is 2.78. The monoisotopic (exact) mass is 590 g/mol. The lowest BCUT2D eigenvalue weighted by Crippen LogP contribution is -2.48. The Bertz CT molecular complexity index is 1040. The molecule has 226 valence electrons. The van der Waals surface area contributed by atoms with Crippen LogP contribution >= 0.6 is 15.8 Å². The largest absolute Gasteiger partial charge is 0.103 e. The van der Waals surface area contributed by atoms with E-state index in [0.717, 1.165) is 29.1 Å². The quantitative estimate of drug-likeness (QED) is 0.255. The van der Waals surface area contributed by atoms with Crippen LogP contribution in [0.25, 0.3) is 0 Å². The minimum absolute atomic E-state index is 0.0883. The third-order valence-electron chi connectivity index (χ3n) is 12.2. The maximum Gasteiger partial charge on any atom is -0.00917 e. The van der Waals surface area contributed by atoms with Gasteiger partial charge in [0, 0.05) is 0 Å². The highest BCUT2D eigenvalue weighted by Crippen LogP contribution is 2.67. The zero-order valence-electron chi connectivity index (χ0n) is 27.2. The molecule has 0 spiro atoms. The van der Waals surface area contributed by atoms with E-state index in [1.165, 1.54) is 113 Å². The van der Waals surface area contributed by atoms with Gasteiger partial charge in [-0.15, -0.1) is 7.92 Å². The normalized spacial score (nSPS) is 29.0. The third kappa shape index (κ3) is 6.71. The standard InChI is InChI=1S/C39H60P2/c1-6-40(7-2)38-26-17-29-39(38,35-23-10-8-9-20-34(27-28-35)33-21-13-14-22-33)32(5)41(36-24-15-11-18-30(36)3)37-25-16-12-19-31(37)4/h11-12,15-16,18-19,24-25,32-35,38H,6-10,13-14,17,20-23,26-29H2,1-5H3/t32?,34?,35?,38-,39+/m0/s1. The van der Waals surface area contributed by atoms with E-state index >= 15 is 0 Å². The molecular formula is C39H60P2. The van der Waals surface area contributed by atoms with Crippen molar-refractivity contribution in [2.45, 2.75) is 136 Å². The molecule has 3 aliphatic rings. The Morgan fingerprint density at radius 2 is 1.20 bits per heavy atom. The summed E-state index contributed by atoms with van der Waals surface area (Å²) in [5, 5.41) is 3.33. The van der Waals surface area contributed by atoms with Crippen molar-refractivity contribution >= 4 is 26.5 Å². The Morgan fingerprint density at radius 1 is 0.659 bits per heavy atom. The predicted octanol–water partition coefficient (Wildman–Crippen LogP) is 11.4. The number of hydrogen-bond donors (Lipinski definition) is 0. The minimum Gasteiger partial charge on any atom is -0.103 e. The lowest BCUT2D eigenvalue weighted by Gasteiger charge is -2.53. The highest BCUT2D eigenvalue weighted by molar-refractivity contribution is 7.74. The van der Waals surface area contributed by atoms with Gasteiger partial charge in [0.25, 0.3) is 0 Å². The third-order valence-corrected chi connectivity index (χ3v) is 18.8. The second kappa shape index (κ2) is 14.9. The van der Waals surface area contributed by atoms with Crippen molar-refractivity contribution < 1.29 is 0 Å². The molecule has 0 aliphatic heterocycles. The summed E-state index contributed by atoms with van der Waals surface area (Å²) in [5.74, 6) is 2.97. The molecule has 0 nitrogen and oxygen atoms in total. The molecule has 2 heteroatoms. The van der Waals surface area contributed by atoms with Crippen LogP contribution in [0.5, 0.6) is 0 Å². The van der Waals surface area contributed by atoms with Gasteiger partial charge in [-0.1, -0.05) is 127 Å². The van der Waals surface area contributed by atoms with Crippen LogP contribution < -0.4 is 10.6 Å². The van der Waals surface area contributed by atoms with Gasteiger partial charge in [0.15, 0.2) is 0 Å². The molecule has 3 fully saturated rings.